The first-order chi connectivity index (χ1) is 10.7. The number of benzene rings is 1. The van der Waals surface area contributed by atoms with E-state index in [9.17, 15) is 4.79 Å². The molecule has 1 aromatic rings. The highest BCUT2D eigenvalue weighted by molar-refractivity contribution is 8.00. The van der Waals surface area contributed by atoms with Crippen molar-refractivity contribution in [1.29, 1.82) is 0 Å². The molecule has 1 aliphatic carbocycles. The molecule has 0 N–H and O–H groups in total. The van der Waals surface area contributed by atoms with Gasteiger partial charge in [0, 0.05) is 30.2 Å². The van der Waals surface area contributed by atoms with Gasteiger partial charge in [-0.15, -0.1) is 11.8 Å². The summed E-state index contributed by atoms with van der Waals surface area (Å²) >= 11 is 2.07. The Labute approximate surface area is 138 Å². The molecule has 0 spiro atoms. The lowest BCUT2D eigenvalue weighted by Gasteiger charge is -2.31. The van der Waals surface area contributed by atoms with Crippen LogP contribution in [-0.2, 0) is 11.2 Å². The smallest absolute Gasteiger partial charge is 0.219 e. The Morgan fingerprint density at radius 1 is 1.09 bits per heavy atom. The van der Waals surface area contributed by atoms with E-state index in [1.165, 1.54) is 42.6 Å². The van der Waals surface area contributed by atoms with Crippen LogP contribution in [0.4, 0.5) is 0 Å². The van der Waals surface area contributed by atoms with Crippen molar-refractivity contribution in [2.45, 2.75) is 62.0 Å². The molecule has 0 radical (unpaired) electrons. The van der Waals surface area contributed by atoms with Crippen LogP contribution in [0.25, 0.3) is 0 Å². The van der Waals surface area contributed by atoms with E-state index in [0.29, 0.717) is 0 Å². The van der Waals surface area contributed by atoms with E-state index in [0.717, 1.165) is 37.1 Å². The second kappa shape index (κ2) is 7.54. The monoisotopic (exact) mass is 317 g/mol. The lowest BCUT2D eigenvalue weighted by Crippen LogP contribution is -2.37. The first kappa shape index (κ1) is 15.9. The summed E-state index contributed by atoms with van der Waals surface area (Å²) in [5, 5.41) is 0.849. The van der Waals surface area contributed by atoms with Crippen molar-refractivity contribution in [3.8, 4) is 0 Å². The highest BCUT2D eigenvalue weighted by Gasteiger charge is 2.21. The van der Waals surface area contributed by atoms with Gasteiger partial charge in [-0.2, -0.15) is 0 Å². The maximum absolute atomic E-state index is 11.4. The summed E-state index contributed by atoms with van der Waals surface area (Å²) in [7, 11) is 0. The maximum atomic E-state index is 11.4. The van der Waals surface area contributed by atoms with Crippen LogP contribution in [0.15, 0.2) is 29.2 Å². The van der Waals surface area contributed by atoms with Crippen molar-refractivity contribution < 1.29 is 4.79 Å². The number of thioether (sulfide) groups is 1. The van der Waals surface area contributed by atoms with Gasteiger partial charge in [-0.05, 0) is 55.7 Å². The van der Waals surface area contributed by atoms with Crippen LogP contribution in [-0.4, -0.2) is 29.1 Å². The minimum absolute atomic E-state index is 0.228. The van der Waals surface area contributed by atoms with Gasteiger partial charge >= 0.3 is 0 Å². The summed E-state index contributed by atoms with van der Waals surface area (Å²) in [6, 6.07) is 9.25. The van der Waals surface area contributed by atoms with Crippen LogP contribution in [0, 0.1) is 5.92 Å². The molecular formula is C19H27NOS. The second-order valence-electron chi connectivity index (χ2n) is 6.82. The molecule has 3 rings (SSSR count). The average Bonchev–Trinajstić information content (AvgIpc) is 3.03. The zero-order valence-electron chi connectivity index (χ0n) is 13.6. The van der Waals surface area contributed by atoms with E-state index in [-0.39, 0.29) is 5.91 Å². The molecule has 2 nitrogen and oxygen atoms in total. The molecular weight excluding hydrogens is 290 g/mol. The lowest BCUT2D eigenvalue weighted by atomic mass is 9.90. The third-order valence-corrected chi connectivity index (χ3v) is 6.46. The average molecular weight is 317 g/mol. The number of carbonyl (C=O) groups is 1. The first-order valence-electron chi connectivity index (χ1n) is 8.72. The molecule has 1 saturated heterocycles. The van der Waals surface area contributed by atoms with Gasteiger partial charge in [0.15, 0.2) is 0 Å². The number of hydrogen-bond acceptors (Lipinski definition) is 2. The molecule has 1 aromatic carbocycles. The summed E-state index contributed by atoms with van der Waals surface area (Å²) in [4.78, 5) is 14.8. The Hall–Kier alpha value is -0.960. The largest absolute Gasteiger partial charge is 0.343 e. The highest BCUT2D eigenvalue weighted by atomic mass is 32.2. The summed E-state index contributed by atoms with van der Waals surface area (Å²) in [5.74, 6) is 0.968. The van der Waals surface area contributed by atoms with Crippen LogP contribution < -0.4 is 0 Å². The number of likely N-dealkylation sites (tertiary alicyclic amines) is 1. The van der Waals surface area contributed by atoms with Crippen molar-refractivity contribution in [3.05, 3.63) is 29.8 Å². The molecule has 1 saturated carbocycles. The van der Waals surface area contributed by atoms with Crippen molar-refractivity contribution in [3.63, 3.8) is 0 Å². The topological polar surface area (TPSA) is 20.3 Å². The van der Waals surface area contributed by atoms with E-state index < -0.39 is 0 Å². The Bertz CT molecular complexity index is 485. The van der Waals surface area contributed by atoms with E-state index in [2.05, 4.69) is 36.0 Å². The van der Waals surface area contributed by atoms with Gasteiger partial charge < -0.3 is 4.90 Å². The van der Waals surface area contributed by atoms with Crippen molar-refractivity contribution >= 4 is 17.7 Å². The van der Waals surface area contributed by atoms with Crippen LogP contribution in [0.3, 0.4) is 0 Å². The molecule has 1 heterocycles. The van der Waals surface area contributed by atoms with Gasteiger partial charge in [0.2, 0.25) is 5.91 Å². The molecule has 3 heteroatoms. The third-order valence-electron chi connectivity index (χ3n) is 5.11. The van der Waals surface area contributed by atoms with E-state index in [4.69, 9.17) is 0 Å². The highest BCUT2D eigenvalue weighted by Crippen LogP contribution is 2.34. The summed E-state index contributed by atoms with van der Waals surface area (Å²) < 4.78 is 0. The van der Waals surface area contributed by atoms with Crippen molar-refractivity contribution in [1.82, 2.24) is 4.90 Å². The molecule has 2 fully saturated rings. The van der Waals surface area contributed by atoms with Crippen LogP contribution in [0.2, 0.25) is 0 Å². The lowest BCUT2D eigenvalue weighted by molar-refractivity contribution is -0.130. The minimum atomic E-state index is 0.228. The van der Waals surface area contributed by atoms with Crippen molar-refractivity contribution in [2.75, 3.05) is 13.1 Å². The Kier molecular flexibility index (Phi) is 5.46. The molecule has 120 valence electrons. The number of carbonyl (C=O) groups excluding carboxylic acids is 1. The Morgan fingerprint density at radius 3 is 2.32 bits per heavy atom. The molecule has 0 bridgehead atoms. The fourth-order valence-corrected chi connectivity index (χ4v) is 4.94. The fourth-order valence-electron chi connectivity index (χ4n) is 3.69. The standard InChI is InChI=1S/C19H27NOS/c1-15(21)20-12-10-17(11-13-20)14-16-6-8-19(9-7-16)22-18-4-2-3-5-18/h6-9,17-18H,2-5,10-14H2,1H3. The minimum Gasteiger partial charge on any atom is -0.343 e. The van der Waals surface area contributed by atoms with Crippen LogP contribution in [0.1, 0.15) is 51.0 Å². The number of rotatable bonds is 4. The van der Waals surface area contributed by atoms with Gasteiger partial charge in [0.05, 0.1) is 0 Å². The molecule has 0 aromatic heterocycles. The van der Waals surface area contributed by atoms with E-state index in [1.54, 1.807) is 6.92 Å². The van der Waals surface area contributed by atoms with E-state index in [1.807, 2.05) is 4.90 Å². The predicted molar refractivity (Wildman–Crippen MR) is 93.2 cm³/mol. The van der Waals surface area contributed by atoms with Gasteiger partial charge in [-0.3, -0.25) is 4.79 Å². The number of hydrogen-bond donors (Lipinski definition) is 0. The SMILES string of the molecule is CC(=O)N1CCC(Cc2ccc(SC3CCCC3)cc2)CC1. The van der Waals surface area contributed by atoms with Crippen LogP contribution in [0.5, 0.6) is 0 Å². The zero-order chi connectivity index (χ0) is 15.4. The van der Waals surface area contributed by atoms with Gasteiger partial charge in [-0.25, -0.2) is 0 Å². The summed E-state index contributed by atoms with van der Waals surface area (Å²) in [6.07, 6.45) is 9.07. The Balaban J connectivity index is 1.48. The van der Waals surface area contributed by atoms with Crippen LogP contribution >= 0.6 is 11.8 Å². The molecule has 0 unspecified atom stereocenters. The second-order valence-corrected chi connectivity index (χ2v) is 8.20. The van der Waals surface area contributed by atoms with Gasteiger partial charge in [-0.1, -0.05) is 25.0 Å². The molecule has 1 aliphatic heterocycles. The van der Waals surface area contributed by atoms with Crippen molar-refractivity contribution in [2.24, 2.45) is 5.92 Å². The van der Waals surface area contributed by atoms with E-state index >= 15 is 0 Å². The number of piperidine rings is 1. The summed E-state index contributed by atoms with van der Waals surface area (Å²) in [6.45, 7) is 3.56. The first-order valence-corrected chi connectivity index (χ1v) is 9.60. The third kappa shape index (κ3) is 4.28. The molecule has 2 aliphatic rings. The Morgan fingerprint density at radius 2 is 1.73 bits per heavy atom. The predicted octanol–water partition coefficient (Wildman–Crippen LogP) is 4.52. The zero-order valence-corrected chi connectivity index (χ0v) is 14.4. The fraction of sp³-hybridized carbons (Fsp3) is 0.632. The number of nitrogens with zero attached hydrogens (tertiary/aromatic N) is 1. The molecule has 1 amide bonds. The normalized spacial score (nSPS) is 20.5. The van der Waals surface area contributed by atoms with Gasteiger partial charge in [0.25, 0.3) is 0 Å². The van der Waals surface area contributed by atoms with Gasteiger partial charge in [0.1, 0.15) is 0 Å². The molecule has 22 heavy (non-hydrogen) atoms. The quantitative estimate of drug-likeness (QED) is 0.813. The summed E-state index contributed by atoms with van der Waals surface area (Å²) in [5.41, 5.74) is 1.46. The molecule has 0 atom stereocenters. The number of amides is 1. The maximum Gasteiger partial charge on any atom is 0.219 e.